The van der Waals surface area contributed by atoms with Crippen molar-refractivity contribution in [1.82, 2.24) is 5.32 Å². The molecule has 0 bridgehead atoms. The van der Waals surface area contributed by atoms with Crippen molar-refractivity contribution in [3.8, 4) is 11.8 Å². The van der Waals surface area contributed by atoms with Crippen molar-refractivity contribution < 1.29 is 9.53 Å². The molecule has 0 aromatic carbocycles. The Hall–Kier alpha value is -1.21. The minimum absolute atomic E-state index is 0. The van der Waals surface area contributed by atoms with Crippen molar-refractivity contribution in [3.05, 3.63) is 0 Å². The summed E-state index contributed by atoms with van der Waals surface area (Å²) in [4.78, 5) is 15.3. The van der Waals surface area contributed by atoms with Gasteiger partial charge in [-0.05, 0) is 0 Å². The van der Waals surface area contributed by atoms with Crippen LogP contribution in [0, 0.1) is 17.8 Å². The van der Waals surface area contributed by atoms with E-state index in [4.69, 9.17) is 4.74 Å². The Morgan fingerprint density at radius 2 is 2.47 bits per heavy atom. The van der Waals surface area contributed by atoms with E-state index < -0.39 is 0 Å². The van der Waals surface area contributed by atoms with Crippen molar-refractivity contribution in [2.45, 2.75) is 13.3 Å². The summed E-state index contributed by atoms with van der Waals surface area (Å²) >= 11 is 0. The molecule has 1 rings (SSSR count). The van der Waals surface area contributed by atoms with Crippen LogP contribution in [0.5, 0.6) is 0 Å². The van der Waals surface area contributed by atoms with E-state index in [1.54, 1.807) is 6.34 Å². The predicted molar refractivity (Wildman–Crippen MR) is 61.1 cm³/mol. The van der Waals surface area contributed by atoms with E-state index in [1.807, 2.05) is 6.92 Å². The Morgan fingerprint density at radius 1 is 1.67 bits per heavy atom. The van der Waals surface area contributed by atoms with Gasteiger partial charge < -0.3 is 10.1 Å². The smallest absolute Gasteiger partial charge is 0.313 e. The van der Waals surface area contributed by atoms with E-state index in [2.05, 4.69) is 22.2 Å². The molecule has 1 atom stereocenters. The molecular weight excluding hydrogens is 216 g/mol. The van der Waals surface area contributed by atoms with Crippen LogP contribution in [-0.4, -0.2) is 32.0 Å². The number of carbonyl (C=O) groups is 1. The van der Waals surface area contributed by atoms with Gasteiger partial charge in [-0.2, -0.15) is 0 Å². The summed E-state index contributed by atoms with van der Waals surface area (Å²) < 4.78 is 4.96. The van der Waals surface area contributed by atoms with Gasteiger partial charge in [-0.3, -0.25) is 9.79 Å². The number of halogens is 1. The van der Waals surface area contributed by atoms with Crippen LogP contribution in [0.3, 0.4) is 0 Å². The van der Waals surface area contributed by atoms with Crippen LogP contribution in [0.25, 0.3) is 0 Å². The zero-order valence-electron chi connectivity index (χ0n) is 8.66. The standard InChI is InChI=1S/C10H14N2O2.ClH/c1-2-3-4-5-14-10(13)9-6-11-8-12-7-9;/h8-9H,2,5-7H2,1H3,(H,11,12);1H. The van der Waals surface area contributed by atoms with Crippen LogP contribution >= 0.6 is 12.4 Å². The molecule has 0 radical (unpaired) electrons. The van der Waals surface area contributed by atoms with Gasteiger partial charge in [-0.15, -0.1) is 18.3 Å². The lowest BCUT2D eigenvalue weighted by atomic mass is 10.1. The van der Waals surface area contributed by atoms with E-state index in [0.717, 1.165) is 6.42 Å². The highest BCUT2D eigenvalue weighted by molar-refractivity contribution is 5.85. The van der Waals surface area contributed by atoms with Gasteiger partial charge in [0.25, 0.3) is 0 Å². The van der Waals surface area contributed by atoms with Crippen LogP contribution < -0.4 is 5.32 Å². The molecular formula is C10H15ClN2O2. The van der Waals surface area contributed by atoms with Crippen LogP contribution in [0.1, 0.15) is 13.3 Å². The number of nitrogens with zero attached hydrogens (tertiary/aromatic N) is 1. The maximum absolute atomic E-state index is 11.4. The molecule has 0 amide bonds. The fourth-order valence-corrected chi connectivity index (χ4v) is 1.06. The van der Waals surface area contributed by atoms with Crippen molar-refractivity contribution in [2.24, 2.45) is 10.9 Å². The molecule has 0 fully saturated rings. The summed E-state index contributed by atoms with van der Waals surface area (Å²) in [6.45, 7) is 3.25. The van der Waals surface area contributed by atoms with Gasteiger partial charge >= 0.3 is 5.97 Å². The minimum atomic E-state index is -0.222. The fraction of sp³-hybridized carbons (Fsp3) is 0.600. The lowest BCUT2D eigenvalue weighted by molar-refractivity contribution is -0.146. The van der Waals surface area contributed by atoms with E-state index >= 15 is 0 Å². The van der Waals surface area contributed by atoms with Gasteiger partial charge in [0.2, 0.25) is 0 Å². The third-order valence-corrected chi connectivity index (χ3v) is 1.79. The molecule has 1 N–H and O–H groups in total. The third kappa shape index (κ3) is 5.28. The zero-order valence-corrected chi connectivity index (χ0v) is 9.47. The Bertz CT molecular complexity index is 281. The number of hydrogen-bond donors (Lipinski definition) is 1. The number of esters is 1. The fourth-order valence-electron chi connectivity index (χ4n) is 1.06. The Labute approximate surface area is 95.9 Å². The molecule has 4 nitrogen and oxygen atoms in total. The number of nitrogens with one attached hydrogen (secondary N) is 1. The highest BCUT2D eigenvalue weighted by Gasteiger charge is 2.20. The average molecular weight is 231 g/mol. The summed E-state index contributed by atoms with van der Waals surface area (Å²) in [5, 5.41) is 2.89. The predicted octanol–water partition coefficient (Wildman–Crippen LogP) is 0.612. The Kier molecular flexibility index (Phi) is 7.47. The number of ether oxygens (including phenoxy) is 1. The molecule has 1 unspecified atom stereocenters. The van der Waals surface area contributed by atoms with Gasteiger partial charge in [0, 0.05) is 13.0 Å². The first-order valence-electron chi connectivity index (χ1n) is 4.68. The number of aliphatic imine (C=N–C) groups is 1. The molecule has 0 aromatic heterocycles. The average Bonchev–Trinajstić information content (AvgIpc) is 2.25. The maximum Gasteiger partial charge on any atom is 0.313 e. The first-order chi connectivity index (χ1) is 6.84. The summed E-state index contributed by atoms with van der Waals surface area (Å²) in [7, 11) is 0. The topological polar surface area (TPSA) is 50.7 Å². The molecule has 84 valence electrons. The van der Waals surface area contributed by atoms with Crippen molar-refractivity contribution >= 4 is 24.7 Å². The van der Waals surface area contributed by atoms with Crippen LogP contribution in [0.15, 0.2) is 4.99 Å². The first-order valence-corrected chi connectivity index (χ1v) is 4.68. The van der Waals surface area contributed by atoms with Crippen LogP contribution in [0.2, 0.25) is 0 Å². The molecule has 0 aromatic rings. The maximum atomic E-state index is 11.4. The Morgan fingerprint density at radius 3 is 3.07 bits per heavy atom. The number of hydrogen-bond acceptors (Lipinski definition) is 4. The Balaban J connectivity index is 0.00000196. The van der Waals surface area contributed by atoms with Gasteiger partial charge in [0.05, 0.1) is 18.8 Å². The van der Waals surface area contributed by atoms with E-state index in [9.17, 15) is 4.79 Å². The molecule has 1 heterocycles. The van der Waals surface area contributed by atoms with E-state index in [0.29, 0.717) is 13.1 Å². The summed E-state index contributed by atoms with van der Waals surface area (Å²) in [5.74, 6) is 5.20. The first kappa shape index (κ1) is 13.8. The summed E-state index contributed by atoms with van der Waals surface area (Å²) in [6, 6.07) is 0. The zero-order chi connectivity index (χ0) is 10.2. The van der Waals surface area contributed by atoms with E-state index in [1.165, 1.54) is 0 Å². The van der Waals surface area contributed by atoms with Crippen LogP contribution in [-0.2, 0) is 9.53 Å². The quantitative estimate of drug-likeness (QED) is 0.559. The number of rotatable bonds is 2. The number of carbonyl (C=O) groups excluding carboxylic acids is 1. The minimum Gasteiger partial charge on any atom is -0.452 e. The molecule has 0 spiro atoms. The van der Waals surface area contributed by atoms with Crippen LogP contribution in [0.4, 0.5) is 0 Å². The molecule has 5 heteroatoms. The second kappa shape index (κ2) is 8.13. The largest absolute Gasteiger partial charge is 0.452 e. The lowest BCUT2D eigenvalue weighted by Gasteiger charge is -2.15. The monoisotopic (exact) mass is 230 g/mol. The van der Waals surface area contributed by atoms with Crippen molar-refractivity contribution in [1.29, 1.82) is 0 Å². The summed E-state index contributed by atoms with van der Waals surface area (Å²) in [6.07, 6.45) is 2.40. The van der Waals surface area contributed by atoms with Gasteiger partial charge in [0.15, 0.2) is 6.61 Å². The van der Waals surface area contributed by atoms with E-state index in [-0.39, 0.29) is 30.9 Å². The molecule has 0 saturated heterocycles. The van der Waals surface area contributed by atoms with Gasteiger partial charge in [-0.1, -0.05) is 12.8 Å². The second-order valence-corrected chi connectivity index (χ2v) is 2.91. The normalized spacial score (nSPS) is 17.8. The van der Waals surface area contributed by atoms with Gasteiger partial charge in [0.1, 0.15) is 0 Å². The SMILES string of the molecule is CCC#CCOC(=O)C1CN=CNC1.Cl. The molecule has 0 aliphatic carbocycles. The molecule has 0 saturated carbocycles. The van der Waals surface area contributed by atoms with Crippen molar-refractivity contribution in [2.75, 3.05) is 19.7 Å². The summed E-state index contributed by atoms with van der Waals surface area (Å²) in [5.41, 5.74) is 0. The van der Waals surface area contributed by atoms with Gasteiger partial charge in [-0.25, -0.2) is 0 Å². The third-order valence-electron chi connectivity index (χ3n) is 1.79. The van der Waals surface area contributed by atoms with Crippen molar-refractivity contribution in [3.63, 3.8) is 0 Å². The second-order valence-electron chi connectivity index (χ2n) is 2.91. The molecule has 15 heavy (non-hydrogen) atoms. The molecule has 1 aliphatic heterocycles. The lowest BCUT2D eigenvalue weighted by Crippen LogP contribution is -2.35. The molecule has 1 aliphatic rings. The highest BCUT2D eigenvalue weighted by Crippen LogP contribution is 2.01. The highest BCUT2D eigenvalue weighted by atomic mass is 35.5.